The van der Waals surface area contributed by atoms with E-state index in [0.717, 1.165) is 9.13 Å². The van der Waals surface area contributed by atoms with Crippen molar-refractivity contribution < 1.29 is 19.1 Å². The maximum atomic E-state index is 12.0. The molecule has 22 heavy (non-hydrogen) atoms. The van der Waals surface area contributed by atoms with Crippen LogP contribution >= 0.6 is 22.6 Å². The van der Waals surface area contributed by atoms with Crippen molar-refractivity contribution in [1.29, 1.82) is 0 Å². The quantitative estimate of drug-likeness (QED) is 0.556. The molecule has 2 rings (SSSR count). The van der Waals surface area contributed by atoms with Gasteiger partial charge in [-0.2, -0.15) is 0 Å². The molecule has 0 atom stereocenters. The number of hydrogen-bond acceptors (Lipinski definition) is 4. The van der Waals surface area contributed by atoms with Gasteiger partial charge in [-0.25, -0.2) is 9.59 Å². The van der Waals surface area contributed by atoms with E-state index in [1.165, 1.54) is 0 Å². The zero-order chi connectivity index (χ0) is 15.9. The summed E-state index contributed by atoms with van der Waals surface area (Å²) in [6.45, 7) is 2.28. The Labute approximate surface area is 142 Å². The van der Waals surface area contributed by atoms with Crippen LogP contribution in [-0.2, 0) is 16.1 Å². The Morgan fingerprint density at radius 3 is 2.00 bits per heavy atom. The van der Waals surface area contributed by atoms with Crippen molar-refractivity contribution in [2.45, 2.75) is 13.5 Å². The average Bonchev–Trinajstić information content (AvgIpc) is 2.54. The van der Waals surface area contributed by atoms with E-state index in [4.69, 9.17) is 9.47 Å². The molecule has 0 amide bonds. The van der Waals surface area contributed by atoms with E-state index in [0.29, 0.717) is 17.7 Å². The minimum absolute atomic E-state index is 0.220. The standard InChI is InChI=1S/C17H15IO4/c1-2-21-16(19)12-7-9-13(10-8-12)17(20)22-11-14-5-3-4-6-15(14)18/h3-10H,2,11H2,1H3. The van der Waals surface area contributed by atoms with Crippen LogP contribution in [0.3, 0.4) is 0 Å². The number of halogens is 1. The van der Waals surface area contributed by atoms with Crippen LogP contribution in [0, 0.1) is 3.57 Å². The topological polar surface area (TPSA) is 52.6 Å². The molecule has 0 aliphatic heterocycles. The molecule has 0 aliphatic carbocycles. The van der Waals surface area contributed by atoms with Gasteiger partial charge in [-0.05, 0) is 59.8 Å². The predicted octanol–water partition coefficient (Wildman–Crippen LogP) is 3.82. The molecule has 4 nitrogen and oxygen atoms in total. The first-order chi connectivity index (χ1) is 10.6. The van der Waals surface area contributed by atoms with E-state index in [2.05, 4.69) is 22.6 Å². The molecular weight excluding hydrogens is 395 g/mol. The minimum Gasteiger partial charge on any atom is -0.462 e. The fraction of sp³-hybridized carbons (Fsp3) is 0.176. The van der Waals surface area contributed by atoms with Crippen molar-refractivity contribution in [3.8, 4) is 0 Å². The fourth-order valence-corrected chi connectivity index (χ4v) is 2.34. The number of esters is 2. The summed E-state index contributed by atoms with van der Waals surface area (Å²) in [5, 5.41) is 0. The third kappa shape index (κ3) is 4.30. The zero-order valence-corrected chi connectivity index (χ0v) is 14.2. The van der Waals surface area contributed by atoms with Gasteiger partial charge in [0.2, 0.25) is 0 Å². The molecule has 0 aromatic heterocycles. The van der Waals surface area contributed by atoms with Gasteiger partial charge in [-0.1, -0.05) is 18.2 Å². The number of ether oxygens (including phenoxy) is 2. The third-order valence-electron chi connectivity index (χ3n) is 2.95. The molecule has 0 radical (unpaired) electrons. The van der Waals surface area contributed by atoms with Crippen LogP contribution in [0.1, 0.15) is 33.2 Å². The molecule has 0 aliphatic rings. The van der Waals surface area contributed by atoms with Crippen molar-refractivity contribution in [1.82, 2.24) is 0 Å². The summed E-state index contributed by atoms with van der Waals surface area (Å²) < 4.78 is 11.2. The lowest BCUT2D eigenvalue weighted by Gasteiger charge is -2.07. The van der Waals surface area contributed by atoms with Crippen LogP contribution in [0.2, 0.25) is 0 Å². The summed E-state index contributed by atoms with van der Waals surface area (Å²) in [4.78, 5) is 23.5. The Kier molecular flexibility index (Phi) is 5.94. The second-order valence-corrected chi connectivity index (χ2v) is 5.63. The van der Waals surface area contributed by atoms with Crippen molar-refractivity contribution in [2.75, 3.05) is 6.61 Å². The summed E-state index contributed by atoms with van der Waals surface area (Å²) in [7, 11) is 0. The summed E-state index contributed by atoms with van der Waals surface area (Å²) >= 11 is 2.20. The van der Waals surface area contributed by atoms with E-state index in [1.807, 2.05) is 24.3 Å². The van der Waals surface area contributed by atoms with Crippen molar-refractivity contribution in [2.24, 2.45) is 0 Å². The number of carbonyl (C=O) groups excluding carboxylic acids is 2. The maximum absolute atomic E-state index is 12.0. The van der Waals surface area contributed by atoms with Crippen LogP contribution in [0.5, 0.6) is 0 Å². The van der Waals surface area contributed by atoms with E-state index in [1.54, 1.807) is 31.2 Å². The molecule has 0 fully saturated rings. The lowest BCUT2D eigenvalue weighted by molar-refractivity contribution is 0.0468. The Hall–Kier alpha value is -1.89. The minimum atomic E-state index is -0.421. The molecule has 0 spiro atoms. The monoisotopic (exact) mass is 410 g/mol. The van der Waals surface area contributed by atoms with Gasteiger partial charge in [0, 0.05) is 9.13 Å². The van der Waals surface area contributed by atoms with Gasteiger partial charge in [-0.3, -0.25) is 0 Å². The van der Waals surface area contributed by atoms with E-state index in [9.17, 15) is 9.59 Å². The second kappa shape index (κ2) is 7.93. The van der Waals surface area contributed by atoms with Crippen LogP contribution < -0.4 is 0 Å². The first-order valence-electron chi connectivity index (χ1n) is 6.79. The second-order valence-electron chi connectivity index (χ2n) is 4.47. The smallest absolute Gasteiger partial charge is 0.338 e. The largest absolute Gasteiger partial charge is 0.462 e. The summed E-state index contributed by atoms with van der Waals surface area (Å²) in [5.74, 6) is -0.823. The lowest BCUT2D eigenvalue weighted by atomic mass is 10.1. The number of carbonyl (C=O) groups is 2. The van der Waals surface area contributed by atoms with Gasteiger partial charge in [0.05, 0.1) is 17.7 Å². The zero-order valence-electron chi connectivity index (χ0n) is 12.0. The molecule has 0 heterocycles. The van der Waals surface area contributed by atoms with Crippen molar-refractivity contribution in [3.05, 3.63) is 68.8 Å². The molecular formula is C17H15IO4. The predicted molar refractivity (Wildman–Crippen MR) is 90.7 cm³/mol. The SMILES string of the molecule is CCOC(=O)c1ccc(C(=O)OCc2ccccc2I)cc1. The molecule has 2 aromatic carbocycles. The highest BCUT2D eigenvalue weighted by Gasteiger charge is 2.11. The highest BCUT2D eigenvalue weighted by atomic mass is 127. The molecule has 114 valence electrons. The number of benzene rings is 2. The number of rotatable bonds is 5. The normalized spacial score (nSPS) is 10.1. The van der Waals surface area contributed by atoms with Crippen molar-refractivity contribution >= 4 is 34.5 Å². The van der Waals surface area contributed by atoms with Crippen LogP contribution in [0.15, 0.2) is 48.5 Å². The Morgan fingerprint density at radius 1 is 0.909 bits per heavy atom. The van der Waals surface area contributed by atoms with Gasteiger partial charge >= 0.3 is 11.9 Å². The van der Waals surface area contributed by atoms with Gasteiger partial charge in [0.1, 0.15) is 6.61 Å². The van der Waals surface area contributed by atoms with E-state index >= 15 is 0 Å². The highest BCUT2D eigenvalue weighted by molar-refractivity contribution is 14.1. The summed E-state index contributed by atoms with van der Waals surface area (Å²) in [5.41, 5.74) is 1.77. The molecule has 0 saturated heterocycles. The highest BCUT2D eigenvalue weighted by Crippen LogP contribution is 2.14. The summed E-state index contributed by atoms with van der Waals surface area (Å²) in [6.07, 6.45) is 0. The molecule has 2 aromatic rings. The third-order valence-corrected chi connectivity index (χ3v) is 4.00. The Morgan fingerprint density at radius 2 is 1.45 bits per heavy atom. The lowest BCUT2D eigenvalue weighted by Crippen LogP contribution is -2.08. The first-order valence-corrected chi connectivity index (χ1v) is 7.87. The van der Waals surface area contributed by atoms with Crippen molar-refractivity contribution in [3.63, 3.8) is 0 Å². The van der Waals surface area contributed by atoms with Crippen LogP contribution in [-0.4, -0.2) is 18.5 Å². The molecule has 5 heteroatoms. The molecule has 0 bridgehead atoms. The van der Waals surface area contributed by atoms with E-state index < -0.39 is 11.9 Å². The van der Waals surface area contributed by atoms with Crippen LogP contribution in [0.25, 0.3) is 0 Å². The average molecular weight is 410 g/mol. The fourth-order valence-electron chi connectivity index (χ4n) is 1.80. The Balaban J connectivity index is 1.98. The molecule has 0 saturated carbocycles. The molecule has 0 N–H and O–H groups in total. The van der Waals surface area contributed by atoms with Gasteiger partial charge in [-0.15, -0.1) is 0 Å². The molecule has 0 unspecified atom stereocenters. The van der Waals surface area contributed by atoms with E-state index in [-0.39, 0.29) is 6.61 Å². The van der Waals surface area contributed by atoms with Gasteiger partial charge in [0.25, 0.3) is 0 Å². The first kappa shape index (κ1) is 16.5. The Bertz CT molecular complexity index is 665. The van der Waals surface area contributed by atoms with Gasteiger partial charge < -0.3 is 9.47 Å². The van der Waals surface area contributed by atoms with Crippen LogP contribution in [0.4, 0.5) is 0 Å². The van der Waals surface area contributed by atoms with Gasteiger partial charge in [0.15, 0.2) is 0 Å². The number of hydrogen-bond donors (Lipinski definition) is 0. The maximum Gasteiger partial charge on any atom is 0.338 e. The summed E-state index contributed by atoms with van der Waals surface area (Å²) in [6, 6.07) is 13.9.